The van der Waals surface area contributed by atoms with Gasteiger partial charge < -0.3 is 5.11 Å². The first-order chi connectivity index (χ1) is 7.99. The SMILES string of the molecule is Cc1cc(O)c(F)cc1-c1ccc(Cl)nc1Cl. The fraction of sp³-hybridized carbons (Fsp3) is 0.0833. The largest absolute Gasteiger partial charge is 0.505 e. The summed E-state index contributed by atoms with van der Waals surface area (Å²) >= 11 is 11.6. The van der Waals surface area contributed by atoms with Crippen molar-refractivity contribution in [1.82, 2.24) is 4.98 Å². The minimum absolute atomic E-state index is 0.200. The number of aromatic hydroxyl groups is 1. The van der Waals surface area contributed by atoms with Gasteiger partial charge >= 0.3 is 0 Å². The lowest BCUT2D eigenvalue weighted by Crippen LogP contribution is -1.89. The zero-order valence-electron chi connectivity index (χ0n) is 8.84. The number of rotatable bonds is 1. The van der Waals surface area contributed by atoms with Gasteiger partial charge in [0.05, 0.1) is 0 Å². The van der Waals surface area contributed by atoms with E-state index in [0.29, 0.717) is 16.7 Å². The fourth-order valence-electron chi connectivity index (χ4n) is 1.57. The molecule has 17 heavy (non-hydrogen) atoms. The number of benzene rings is 1. The van der Waals surface area contributed by atoms with Gasteiger partial charge in [-0.3, -0.25) is 0 Å². The van der Waals surface area contributed by atoms with Gasteiger partial charge in [0.15, 0.2) is 11.6 Å². The number of pyridine rings is 1. The van der Waals surface area contributed by atoms with Gasteiger partial charge in [0.25, 0.3) is 0 Å². The van der Waals surface area contributed by atoms with E-state index in [4.69, 9.17) is 23.2 Å². The quantitative estimate of drug-likeness (QED) is 0.789. The minimum Gasteiger partial charge on any atom is -0.505 e. The molecule has 0 amide bonds. The van der Waals surface area contributed by atoms with Gasteiger partial charge in [-0.1, -0.05) is 23.2 Å². The molecule has 88 valence electrons. The molecule has 0 radical (unpaired) electrons. The lowest BCUT2D eigenvalue weighted by molar-refractivity contribution is 0.432. The van der Waals surface area contributed by atoms with Crippen LogP contribution in [0.25, 0.3) is 11.1 Å². The molecule has 1 heterocycles. The number of hydrogen-bond donors (Lipinski definition) is 1. The zero-order valence-corrected chi connectivity index (χ0v) is 10.3. The highest BCUT2D eigenvalue weighted by atomic mass is 35.5. The van der Waals surface area contributed by atoms with Crippen LogP contribution in [0.15, 0.2) is 24.3 Å². The summed E-state index contributed by atoms with van der Waals surface area (Å²) in [6.45, 7) is 1.75. The molecule has 0 aliphatic rings. The lowest BCUT2D eigenvalue weighted by Gasteiger charge is -2.09. The molecule has 0 saturated heterocycles. The predicted molar refractivity (Wildman–Crippen MR) is 66.1 cm³/mol. The minimum atomic E-state index is -0.698. The maximum atomic E-state index is 13.3. The van der Waals surface area contributed by atoms with E-state index in [0.717, 1.165) is 0 Å². The normalized spacial score (nSPS) is 10.6. The van der Waals surface area contributed by atoms with Gasteiger partial charge in [0, 0.05) is 5.56 Å². The second-order valence-electron chi connectivity index (χ2n) is 3.59. The van der Waals surface area contributed by atoms with Crippen LogP contribution >= 0.6 is 23.2 Å². The maximum Gasteiger partial charge on any atom is 0.165 e. The maximum absolute atomic E-state index is 13.3. The first kappa shape index (κ1) is 12.1. The number of phenolic OH excluding ortho intramolecular Hbond substituents is 1. The molecule has 1 aromatic heterocycles. The summed E-state index contributed by atoms with van der Waals surface area (Å²) in [5.41, 5.74) is 1.86. The van der Waals surface area contributed by atoms with E-state index in [1.54, 1.807) is 19.1 Å². The van der Waals surface area contributed by atoms with Crippen molar-refractivity contribution >= 4 is 23.2 Å². The van der Waals surface area contributed by atoms with Crippen LogP contribution in [0.1, 0.15) is 5.56 Å². The molecule has 1 N–H and O–H groups in total. The summed E-state index contributed by atoms with van der Waals surface area (Å²) in [6.07, 6.45) is 0. The van der Waals surface area contributed by atoms with Crippen LogP contribution in [0, 0.1) is 12.7 Å². The van der Waals surface area contributed by atoms with Gasteiger partial charge in [-0.25, -0.2) is 9.37 Å². The average molecular weight is 272 g/mol. The zero-order chi connectivity index (χ0) is 12.6. The molecule has 0 aliphatic heterocycles. The Bertz CT molecular complexity index is 587. The third-order valence-electron chi connectivity index (χ3n) is 2.40. The molecular weight excluding hydrogens is 264 g/mol. The Balaban J connectivity index is 2.64. The number of nitrogens with zero attached hydrogens (tertiary/aromatic N) is 1. The summed E-state index contributed by atoms with van der Waals surface area (Å²) in [6, 6.07) is 5.81. The van der Waals surface area contributed by atoms with Crippen molar-refractivity contribution in [3.63, 3.8) is 0 Å². The van der Waals surface area contributed by atoms with Crippen molar-refractivity contribution in [3.8, 4) is 16.9 Å². The molecule has 0 bridgehead atoms. The van der Waals surface area contributed by atoms with Gasteiger partial charge in [-0.15, -0.1) is 0 Å². The van der Waals surface area contributed by atoms with E-state index in [9.17, 15) is 9.50 Å². The molecule has 0 spiro atoms. The Morgan fingerprint density at radius 1 is 1.18 bits per heavy atom. The van der Waals surface area contributed by atoms with E-state index in [2.05, 4.69) is 4.98 Å². The molecule has 2 rings (SSSR count). The standard InChI is InChI=1S/C12H8Cl2FNO/c1-6-4-10(17)9(15)5-8(6)7-2-3-11(13)16-12(7)14/h2-5,17H,1H3. The average Bonchev–Trinajstić information content (AvgIpc) is 2.24. The monoisotopic (exact) mass is 271 g/mol. The number of hydrogen-bond acceptors (Lipinski definition) is 2. The molecule has 1 aromatic carbocycles. The molecule has 0 unspecified atom stereocenters. The number of halogens is 3. The van der Waals surface area contributed by atoms with Crippen molar-refractivity contribution in [2.45, 2.75) is 6.92 Å². The Labute approximate surface area is 108 Å². The van der Waals surface area contributed by atoms with Crippen LogP contribution in [0.4, 0.5) is 4.39 Å². The summed E-state index contributed by atoms with van der Waals surface area (Å²) in [7, 11) is 0. The predicted octanol–water partition coefficient (Wildman–Crippen LogP) is 4.21. The van der Waals surface area contributed by atoms with E-state index in [1.807, 2.05) is 0 Å². The number of aryl methyl sites for hydroxylation is 1. The molecule has 5 heteroatoms. The Kier molecular flexibility index (Phi) is 3.22. The first-order valence-corrected chi connectivity index (χ1v) is 5.56. The summed E-state index contributed by atoms with van der Waals surface area (Å²) in [4.78, 5) is 3.89. The highest BCUT2D eigenvalue weighted by Crippen LogP contribution is 2.33. The third-order valence-corrected chi connectivity index (χ3v) is 2.90. The van der Waals surface area contributed by atoms with Crippen LogP contribution in [0.5, 0.6) is 5.75 Å². The van der Waals surface area contributed by atoms with Gasteiger partial charge in [-0.05, 0) is 42.3 Å². The van der Waals surface area contributed by atoms with E-state index >= 15 is 0 Å². The Hall–Kier alpha value is -1.32. The van der Waals surface area contributed by atoms with Crippen molar-refractivity contribution in [2.75, 3.05) is 0 Å². The van der Waals surface area contributed by atoms with E-state index in [1.165, 1.54) is 12.1 Å². The second-order valence-corrected chi connectivity index (χ2v) is 4.34. The van der Waals surface area contributed by atoms with Crippen LogP contribution in [-0.4, -0.2) is 10.1 Å². The molecule has 0 atom stereocenters. The van der Waals surface area contributed by atoms with Crippen molar-refractivity contribution in [1.29, 1.82) is 0 Å². The molecule has 0 aliphatic carbocycles. The third kappa shape index (κ3) is 2.35. The lowest BCUT2D eigenvalue weighted by atomic mass is 10.0. The van der Waals surface area contributed by atoms with E-state index in [-0.39, 0.29) is 16.1 Å². The first-order valence-electron chi connectivity index (χ1n) is 4.80. The summed E-state index contributed by atoms with van der Waals surface area (Å²) in [5, 5.41) is 9.71. The van der Waals surface area contributed by atoms with Gasteiger partial charge in [-0.2, -0.15) is 0 Å². The summed E-state index contributed by atoms with van der Waals surface area (Å²) < 4.78 is 13.3. The van der Waals surface area contributed by atoms with Crippen LogP contribution in [0.2, 0.25) is 10.3 Å². The highest BCUT2D eigenvalue weighted by Gasteiger charge is 2.12. The van der Waals surface area contributed by atoms with Gasteiger partial charge in [0.1, 0.15) is 10.3 Å². The summed E-state index contributed by atoms with van der Waals surface area (Å²) in [5.74, 6) is -1.08. The topological polar surface area (TPSA) is 33.1 Å². The van der Waals surface area contributed by atoms with Crippen LogP contribution in [0.3, 0.4) is 0 Å². The second kappa shape index (κ2) is 4.51. The number of aromatic nitrogens is 1. The van der Waals surface area contributed by atoms with Crippen LogP contribution < -0.4 is 0 Å². The smallest absolute Gasteiger partial charge is 0.165 e. The Morgan fingerprint density at radius 2 is 1.88 bits per heavy atom. The molecule has 0 saturated carbocycles. The van der Waals surface area contributed by atoms with Crippen molar-refractivity contribution in [2.24, 2.45) is 0 Å². The van der Waals surface area contributed by atoms with Crippen molar-refractivity contribution < 1.29 is 9.50 Å². The number of phenols is 1. The molecular formula is C12H8Cl2FNO. The van der Waals surface area contributed by atoms with Crippen LogP contribution in [-0.2, 0) is 0 Å². The van der Waals surface area contributed by atoms with Crippen molar-refractivity contribution in [3.05, 3.63) is 46.0 Å². The molecule has 2 nitrogen and oxygen atoms in total. The van der Waals surface area contributed by atoms with Gasteiger partial charge in [0.2, 0.25) is 0 Å². The fourth-order valence-corrected chi connectivity index (χ4v) is 2.02. The highest BCUT2D eigenvalue weighted by molar-refractivity contribution is 6.34. The molecule has 0 fully saturated rings. The van der Waals surface area contributed by atoms with E-state index < -0.39 is 5.82 Å². The molecule has 2 aromatic rings. The Morgan fingerprint density at radius 3 is 2.53 bits per heavy atom.